The highest BCUT2D eigenvalue weighted by molar-refractivity contribution is 5.82. The lowest BCUT2D eigenvalue weighted by molar-refractivity contribution is 0.244. The van der Waals surface area contributed by atoms with E-state index in [4.69, 9.17) is 0 Å². The summed E-state index contributed by atoms with van der Waals surface area (Å²) in [4.78, 5) is 0. The van der Waals surface area contributed by atoms with Crippen molar-refractivity contribution in [3.05, 3.63) is 133 Å². The molecule has 6 rings (SSSR count). The van der Waals surface area contributed by atoms with Crippen LogP contribution in [0.3, 0.4) is 0 Å². The highest BCUT2D eigenvalue weighted by Crippen LogP contribution is 2.34. The summed E-state index contributed by atoms with van der Waals surface area (Å²) in [6.45, 7) is 60.8. The summed E-state index contributed by atoms with van der Waals surface area (Å²) in [5.41, 5.74) is 0.679. The molecule has 5 aromatic carbocycles. The molecule has 0 aliphatic heterocycles. The van der Waals surface area contributed by atoms with E-state index >= 15 is 0 Å². The summed E-state index contributed by atoms with van der Waals surface area (Å²) in [6, 6.07) is 45.4. The average molecular weight is 868 g/mol. The minimum absolute atomic E-state index is 0.679. The van der Waals surface area contributed by atoms with Gasteiger partial charge in [0.2, 0.25) is 0 Å². The third-order valence-corrected chi connectivity index (χ3v) is 6.19. The molecule has 1 fully saturated rings. The predicted octanol–water partition coefficient (Wildman–Crippen LogP) is 24.7. The highest BCUT2D eigenvalue weighted by Gasteiger charge is 2.19. The van der Waals surface area contributed by atoms with Crippen molar-refractivity contribution in [2.75, 3.05) is 0 Å². The maximum atomic E-state index is 2.38. The van der Waals surface area contributed by atoms with Gasteiger partial charge >= 0.3 is 0 Å². The maximum Gasteiger partial charge on any atom is -0.0184 e. The van der Waals surface area contributed by atoms with Crippen molar-refractivity contribution < 1.29 is 0 Å². The molecule has 0 atom stereocenters. The molecule has 1 aliphatic carbocycles. The molecule has 1 aliphatic rings. The van der Waals surface area contributed by atoms with Crippen molar-refractivity contribution in [1.82, 2.24) is 0 Å². The van der Waals surface area contributed by atoms with Gasteiger partial charge in [-0.2, -0.15) is 0 Å². The molecule has 0 radical (unpaired) electrons. The van der Waals surface area contributed by atoms with Gasteiger partial charge in [-0.1, -0.05) is 360 Å². The standard InChI is InChI=1S/2C10H8.C8H16.C6H6.14C2H6/c2*1-2-6-10-8-4-3-7-9(10)5-1;1-8(2)6-4-3-5-7-8;1-2-4-6-5-3-1;14*1-2/h2*1-8H;3-7H2,1-2H3;1-6H;14*1-2H3. The van der Waals surface area contributed by atoms with Crippen LogP contribution in [0, 0.1) is 5.41 Å². The number of hydrogen-bond acceptors (Lipinski definition) is 0. The number of rotatable bonds is 0. The molecule has 370 valence electrons. The maximum absolute atomic E-state index is 2.38. The van der Waals surface area contributed by atoms with Crippen molar-refractivity contribution in [3.63, 3.8) is 0 Å². The van der Waals surface area contributed by atoms with Gasteiger partial charge in [0.15, 0.2) is 0 Å². The zero-order valence-electron chi connectivity index (χ0n) is 48.7. The number of fused-ring (bicyclic) bond motifs is 2. The summed E-state index contributed by atoms with van der Waals surface area (Å²) >= 11 is 0. The minimum Gasteiger partial charge on any atom is -0.0683 e. The van der Waals surface area contributed by atoms with Gasteiger partial charge in [0.25, 0.3) is 0 Å². The van der Waals surface area contributed by atoms with Gasteiger partial charge in [0, 0.05) is 0 Å². The van der Waals surface area contributed by atoms with Crippen molar-refractivity contribution in [2.24, 2.45) is 5.41 Å². The fourth-order valence-electron chi connectivity index (χ4n) is 4.16. The van der Waals surface area contributed by atoms with E-state index in [1.807, 2.05) is 230 Å². The SMILES string of the molecule is CC.CC.CC.CC.CC.CC.CC.CC.CC.CC.CC.CC.CC.CC.CC1(C)CCCCC1.c1ccc2ccccc2c1.c1ccc2ccccc2c1.c1ccccc1. The van der Waals surface area contributed by atoms with Gasteiger partial charge in [-0.05, 0) is 39.8 Å². The molecule has 0 spiro atoms. The summed E-state index contributed by atoms with van der Waals surface area (Å²) in [6.07, 6.45) is 7.31. The Morgan fingerprint density at radius 2 is 0.339 bits per heavy atom. The van der Waals surface area contributed by atoms with E-state index in [9.17, 15) is 0 Å². The first kappa shape index (κ1) is 89.5. The summed E-state index contributed by atoms with van der Waals surface area (Å²) in [5.74, 6) is 0. The van der Waals surface area contributed by atoms with E-state index in [1.54, 1.807) is 0 Å². The Labute approximate surface area is 398 Å². The van der Waals surface area contributed by atoms with Crippen molar-refractivity contribution in [1.29, 1.82) is 0 Å². The lowest BCUT2D eigenvalue weighted by Crippen LogP contribution is -2.14. The molecule has 0 saturated heterocycles. The van der Waals surface area contributed by atoms with Crippen LogP contribution in [0.1, 0.15) is 240 Å². The fourth-order valence-corrected chi connectivity index (χ4v) is 4.16. The quantitative estimate of drug-likeness (QED) is 0.145. The molecular formula is C62H122. The van der Waals surface area contributed by atoms with Crippen molar-refractivity contribution in [3.8, 4) is 0 Å². The van der Waals surface area contributed by atoms with Gasteiger partial charge in [-0.15, -0.1) is 0 Å². The van der Waals surface area contributed by atoms with E-state index in [1.165, 1.54) is 53.6 Å². The summed E-state index contributed by atoms with van der Waals surface area (Å²) in [5, 5.41) is 5.24. The van der Waals surface area contributed by atoms with Gasteiger partial charge < -0.3 is 0 Å². The normalized spacial score (nSPS) is 8.94. The van der Waals surface area contributed by atoms with Gasteiger partial charge in [0.1, 0.15) is 0 Å². The molecule has 0 nitrogen and oxygen atoms in total. The first-order valence-electron chi connectivity index (χ1n) is 26.5. The van der Waals surface area contributed by atoms with Crippen LogP contribution in [0.5, 0.6) is 0 Å². The zero-order chi connectivity index (χ0) is 51.9. The Morgan fingerprint density at radius 3 is 0.435 bits per heavy atom. The largest absolute Gasteiger partial charge is 0.0683 e. The zero-order valence-corrected chi connectivity index (χ0v) is 48.7. The highest BCUT2D eigenvalue weighted by atomic mass is 14.3. The van der Waals surface area contributed by atoms with Gasteiger partial charge in [-0.25, -0.2) is 0 Å². The van der Waals surface area contributed by atoms with E-state index in [-0.39, 0.29) is 0 Å². The Hall–Kier alpha value is -3.38. The molecule has 0 aromatic heterocycles. The van der Waals surface area contributed by atoms with E-state index in [0.29, 0.717) is 5.41 Å². The van der Waals surface area contributed by atoms with Crippen LogP contribution in [-0.2, 0) is 0 Å². The summed E-state index contributed by atoms with van der Waals surface area (Å²) in [7, 11) is 0. The number of benzene rings is 5. The smallest absolute Gasteiger partial charge is 0.0184 e. The molecule has 0 heteroatoms. The van der Waals surface area contributed by atoms with E-state index in [2.05, 4.69) is 111 Å². The topological polar surface area (TPSA) is 0 Å². The molecule has 0 N–H and O–H groups in total. The molecule has 0 heterocycles. The van der Waals surface area contributed by atoms with Crippen molar-refractivity contribution >= 4 is 21.5 Å². The van der Waals surface area contributed by atoms with Crippen LogP contribution in [0.2, 0.25) is 0 Å². The monoisotopic (exact) mass is 867 g/mol. The molecule has 0 unspecified atom stereocenters. The fraction of sp³-hybridized carbons (Fsp3) is 0.581. The lowest BCUT2D eigenvalue weighted by atomic mass is 9.78. The number of hydrogen-bond donors (Lipinski definition) is 0. The van der Waals surface area contributed by atoms with Crippen LogP contribution < -0.4 is 0 Å². The van der Waals surface area contributed by atoms with Crippen LogP contribution in [0.25, 0.3) is 21.5 Å². The van der Waals surface area contributed by atoms with Crippen LogP contribution >= 0.6 is 0 Å². The third kappa shape index (κ3) is 74.1. The van der Waals surface area contributed by atoms with Crippen molar-refractivity contribution in [2.45, 2.75) is 240 Å². The van der Waals surface area contributed by atoms with Crippen LogP contribution in [0.15, 0.2) is 133 Å². The molecule has 1 saturated carbocycles. The molecule has 5 aromatic rings. The molecular weight excluding hydrogens is 745 g/mol. The first-order chi connectivity index (χ1) is 30.6. The summed E-state index contributed by atoms with van der Waals surface area (Å²) < 4.78 is 0. The van der Waals surface area contributed by atoms with E-state index < -0.39 is 0 Å². The van der Waals surface area contributed by atoms with Gasteiger partial charge in [-0.3, -0.25) is 0 Å². The molecule has 62 heavy (non-hydrogen) atoms. The lowest BCUT2D eigenvalue weighted by Gasteiger charge is -2.28. The first-order valence-corrected chi connectivity index (χ1v) is 26.5. The second kappa shape index (κ2) is 107. The third-order valence-electron chi connectivity index (χ3n) is 6.19. The Kier molecular flexibility index (Phi) is 154. The second-order valence-electron chi connectivity index (χ2n) is 9.57. The Balaban J connectivity index is -0.0000000456. The Bertz CT molecular complexity index is 967. The predicted molar refractivity (Wildman–Crippen MR) is 310 cm³/mol. The van der Waals surface area contributed by atoms with E-state index in [0.717, 1.165) is 0 Å². The molecule has 0 amide bonds. The Morgan fingerprint density at radius 1 is 0.210 bits per heavy atom. The van der Waals surface area contributed by atoms with Crippen LogP contribution in [0.4, 0.5) is 0 Å². The van der Waals surface area contributed by atoms with Gasteiger partial charge in [0.05, 0.1) is 0 Å². The average Bonchev–Trinajstić information content (AvgIpc) is 3.43. The second-order valence-corrected chi connectivity index (χ2v) is 9.57. The minimum atomic E-state index is 0.679. The van der Waals surface area contributed by atoms with Crippen LogP contribution in [-0.4, -0.2) is 0 Å². The molecule has 0 bridgehead atoms.